The van der Waals surface area contributed by atoms with E-state index in [1.54, 1.807) is 18.3 Å². The maximum absolute atomic E-state index is 12.7. The lowest BCUT2D eigenvalue weighted by Gasteiger charge is -2.07. The molecule has 0 fully saturated rings. The zero-order chi connectivity index (χ0) is 20.3. The zero-order valence-corrected chi connectivity index (χ0v) is 14.7. The summed E-state index contributed by atoms with van der Waals surface area (Å²) >= 11 is 0. The van der Waals surface area contributed by atoms with Gasteiger partial charge in [0, 0.05) is 18.3 Å². The third kappa shape index (κ3) is 4.64. The van der Waals surface area contributed by atoms with Gasteiger partial charge in [-0.1, -0.05) is 18.2 Å². The first-order chi connectivity index (χ1) is 13.2. The predicted molar refractivity (Wildman–Crippen MR) is 96.5 cm³/mol. The third-order valence-corrected chi connectivity index (χ3v) is 3.85. The predicted octanol–water partition coefficient (Wildman–Crippen LogP) is 3.78. The lowest BCUT2D eigenvalue weighted by molar-refractivity contribution is -0.139. The van der Waals surface area contributed by atoms with E-state index in [2.05, 4.69) is 4.98 Å². The molecule has 3 aromatic rings. The first-order valence-corrected chi connectivity index (χ1v) is 8.23. The van der Waals surface area contributed by atoms with Crippen LogP contribution in [-0.4, -0.2) is 15.4 Å². The summed E-state index contributed by atoms with van der Waals surface area (Å²) in [5.41, 5.74) is 0.691. The molecule has 2 heterocycles. The second kappa shape index (κ2) is 7.67. The number of hydrogen-bond acceptors (Lipinski definition) is 4. The largest absolute Gasteiger partial charge is 0.456 e. The van der Waals surface area contributed by atoms with Gasteiger partial charge in [-0.25, -0.2) is 9.78 Å². The fourth-order valence-corrected chi connectivity index (χ4v) is 2.51. The molecule has 5 nitrogen and oxygen atoms in total. The van der Waals surface area contributed by atoms with Gasteiger partial charge in [0.2, 0.25) is 0 Å². The summed E-state index contributed by atoms with van der Waals surface area (Å²) in [6, 6.07) is 9.30. The fourth-order valence-electron chi connectivity index (χ4n) is 2.51. The van der Waals surface area contributed by atoms with Gasteiger partial charge < -0.3 is 4.74 Å². The van der Waals surface area contributed by atoms with Crippen LogP contribution in [0.1, 0.15) is 22.4 Å². The Morgan fingerprint density at radius 1 is 1.21 bits per heavy atom. The van der Waals surface area contributed by atoms with Gasteiger partial charge in [0.05, 0.1) is 11.3 Å². The van der Waals surface area contributed by atoms with E-state index >= 15 is 0 Å². The molecule has 0 saturated carbocycles. The molecule has 144 valence electrons. The van der Waals surface area contributed by atoms with Crippen LogP contribution < -0.4 is 5.56 Å². The van der Waals surface area contributed by atoms with Crippen LogP contribution in [-0.2, 0) is 22.3 Å². The molecule has 3 rings (SSSR count). The molecule has 0 aliphatic heterocycles. The molecule has 0 unspecified atom stereocenters. The van der Waals surface area contributed by atoms with E-state index < -0.39 is 17.7 Å². The fraction of sp³-hybridized carbons (Fsp3) is 0.150. The number of nitrogens with zero attached hydrogens (tertiary/aromatic N) is 2. The Kier molecular flexibility index (Phi) is 5.30. The number of carbonyl (C=O) groups is 1. The highest BCUT2D eigenvalue weighted by Crippen LogP contribution is 2.29. The molecule has 0 radical (unpaired) electrons. The highest BCUT2D eigenvalue weighted by Gasteiger charge is 2.30. The van der Waals surface area contributed by atoms with Crippen LogP contribution in [0.5, 0.6) is 0 Å². The number of esters is 1. The smallest absolute Gasteiger partial charge is 0.416 e. The van der Waals surface area contributed by atoms with Crippen molar-refractivity contribution in [1.29, 1.82) is 0 Å². The topological polar surface area (TPSA) is 60.7 Å². The summed E-state index contributed by atoms with van der Waals surface area (Å²) in [5, 5.41) is 0. The molecule has 8 heteroatoms. The second-order valence-electron chi connectivity index (χ2n) is 6.08. The molecule has 0 amide bonds. The van der Waals surface area contributed by atoms with Crippen LogP contribution >= 0.6 is 0 Å². The van der Waals surface area contributed by atoms with Gasteiger partial charge in [-0.2, -0.15) is 13.2 Å². The normalized spacial score (nSPS) is 11.9. The van der Waals surface area contributed by atoms with Crippen LogP contribution in [0.15, 0.2) is 59.5 Å². The number of fused-ring (bicyclic) bond motifs is 1. The van der Waals surface area contributed by atoms with Crippen LogP contribution in [0, 0.1) is 6.92 Å². The average molecular weight is 388 g/mol. The van der Waals surface area contributed by atoms with E-state index in [1.807, 2.05) is 6.92 Å². The highest BCUT2D eigenvalue weighted by atomic mass is 19.4. The van der Waals surface area contributed by atoms with Crippen molar-refractivity contribution in [2.45, 2.75) is 19.7 Å². The monoisotopic (exact) mass is 388 g/mol. The number of rotatable bonds is 4. The molecule has 0 spiro atoms. The van der Waals surface area contributed by atoms with Gasteiger partial charge in [0.1, 0.15) is 12.3 Å². The third-order valence-electron chi connectivity index (χ3n) is 3.85. The number of pyridine rings is 1. The van der Waals surface area contributed by atoms with Gasteiger partial charge in [0.25, 0.3) is 5.56 Å². The lowest BCUT2D eigenvalue weighted by Crippen LogP contribution is -2.16. The average Bonchev–Trinajstić information content (AvgIpc) is 2.65. The van der Waals surface area contributed by atoms with Crippen molar-refractivity contribution in [3.8, 4) is 0 Å². The summed E-state index contributed by atoms with van der Waals surface area (Å²) in [4.78, 5) is 28.2. The van der Waals surface area contributed by atoms with E-state index in [4.69, 9.17) is 4.74 Å². The van der Waals surface area contributed by atoms with Gasteiger partial charge >= 0.3 is 12.1 Å². The summed E-state index contributed by atoms with van der Waals surface area (Å²) in [5.74, 6) is -0.761. The molecular formula is C20H15F3N2O3. The summed E-state index contributed by atoms with van der Waals surface area (Å²) in [6.07, 6.45) is -0.563. The van der Waals surface area contributed by atoms with Gasteiger partial charge in [-0.3, -0.25) is 9.20 Å². The number of hydrogen-bond donors (Lipinski definition) is 0. The van der Waals surface area contributed by atoms with Gasteiger partial charge in [-0.05, 0) is 42.3 Å². The Bertz CT molecular complexity index is 1120. The SMILES string of the molecule is Cc1ccc2nc(COC(=O)C=Cc3cccc(C(F)(F)F)c3)cc(=O)n2c1. The minimum Gasteiger partial charge on any atom is -0.456 e. The lowest BCUT2D eigenvalue weighted by atomic mass is 10.1. The number of alkyl halides is 3. The van der Waals surface area contributed by atoms with Crippen LogP contribution in [0.25, 0.3) is 11.7 Å². The first-order valence-electron chi connectivity index (χ1n) is 8.23. The molecule has 0 N–H and O–H groups in total. The summed E-state index contributed by atoms with van der Waals surface area (Å²) in [7, 11) is 0. The molecule has 2 aromatic heterocycles. The molecular weight excluding hydrogens is 373 g/mol. The number of ether oxygens (including phenoxy) is 1. The van der Waals surface area contributed by atoms with Crippen LogP contribution in [0.2, 0.25) is 0 Å². The molecule has 0 bridgehead atoms. The number of benzene rings is 1. The van der Waals surface area contributed by atoms with E-state index in [0.717, 1.165) is 23.8 Å². The molecule has 0 saturated heterocycles. The van der Waals surface area contributed by atoms with E-state index in [1.165, 1.54) is 28.7 Å². The zero-order valence-electron chi connectivity index (χ0n) is 14.7. The van der Waals surface area contributed by atoms with Crippen molar-refractivity contribution in [2.75, 3.05) is 0 Å². The van der Waals surface area contributed by atoms with Crippen molar-refractivity contribution in [3.63, 3.8) is 0 Å². The Hall–Kier alpha value is -3.42. The van der Waals surface area contributed by atoms with Crippen molar-refractivity contribution in [3.05, 3.63) is 87.5 Å². The van der Waals surface area contributed by atoms with Crippen molar-refractivity contribution in [1.82, 2.24) is 9.38 Å². The highest BCUT2D eigenvalue weighted by molar-refractivity contribution is 5.87. The minimum atomic E-state index is -4.46. The maximum atomic E-state index is 12.7. The molecule has 1 aromatic carbocycles. The van der Waals surface area contributed by atoms with Crippen LogP contribution in [0.4, 0.5) is 13.2 Å². The van der Waals surface area contributed by atoms with Gasteiger partial charge in [-0.15, -0.1) is 0 Å². The summed E-state index contributed by atoms with van der Waals surface area (Å²) < 4.78 is 44.5. The minimum absolute atomic E-state index is 0.212. The second-order valence-corrected chi connectivity index (χ2v) is 6.08. The molecule has 0 atom stereocenters. The first kappa shape index (κ1) is 19.3. The Labute approximate surface area is 157 Å². The van der Waals surface area contributed by atoms with E-state index in [0.29, 0.717) is 5.65 Å². The number of aromatic nitrogens is 2. The van der Waals surface area contributed by atoms with Crippen molar-refractivity contribution < 1.29 is 22.7 Å². The Balaban J connectivity index is 1.68. The molecule has 0 aliphatic rings. The number of aryl methyl sites for hydroxylation is 1. The van der Waals surface area contributed by atoms with Crippen LogP contribution in [0.3, 0.4) is 0 Å². The number of carbonyl (C=O) groups excluding carboxylic acids is 1. The van der Waals surface area contributed by atoms with E-state index in [-0.39, 0.29) is 23.4 Å². The Morgan fingerprint density at radius 3 is 2.75 bits per heavy atom. The molecule has 28 heavy (non-hydrogen) atoms. The van der Waals surface area contributed by atoms with Gasteiger partial charge in [0.15, 0.2) is 0 Å². The summed E-state index contributed by atoms with van der Waals surface area (Å²) in [6.45, 7) is 1.61. The van der Waals surface area contributed by atoms with Crippen molar-refractivity contribution in [2.24, 2.45) is 0 Å². The quantitative estimate of drug-likeness (QED) is 0.504. The van der Waals surface area contributed by atoms with Crippen molar-refractivity contribution >= 4 is 17.7 Å². The number of halogens is 3. The standard InChI is InChI=1S/C20H15F3N2O3/c1-13-5-7-17-24-16(10-18(26)25(17)11-13)12-28-19(27)8-6-14-3-2-4-15(9-14)20(21,22)23/h2-11H,12H2,1H3. The van der Waals surface area contributed by atoms with E-state index in [9.17, 15) is 22.8 Å². The Morgan fingerprint density at radius 2 is 2.00 bits per heavy atom. The maximum Gasteiger partial charge on any atom is 0.416 e. The molecule has 0 aliphatic carbocycles.